The Kier molecular flexibility index (Phi) is 4.74. The predicted molar refractivity (Wildman–Crippen MR) is 86.0 cm³/mol. The largest absolute Gasteiger partial charge is 0.496 e. The average molecular weight is 344 g/mol. The minimum atomic E-state index is -0.692. The zero-order valence-corrected chi connectivity index (χ0v) is 13.3. The van der Waals surface area contributed by atoms with Crippen LogP contribution in [-0.4, -0.2) is 18.0 Å². The third-order valence-corrected chi connectivity index (χ3v) is 3.54. The average Bonchev–Trinajstić information content (AvgIpc) is 3.12. The van der Waals surface area contributed by atoms with Gasteiger partial charge in [0, 0.05) is 18.2 Å². The van der Waals surface area contributed by atoms with E-state index in [0.29, 0.717) is 28.2 Å². The van der Waals surface area contributed by atoms with Crippen LogP contribution in [-0.2, 0) is 6.54 Å². The number of hydrogen-bond donors (Lipinski definition) is 1. The van der Waals surface area contributed by atoms with Crippen LogP contribution in [0.25, 0.3) is 11.3 Å². The quantitative estimate of drug-likeness (QED) is 0.769. The van der Waals surface area contributed by atoms with E-state index >= 15 is 0 Å². The van der Waals surface area contributed by atoms with E-state index in [2.05, 4.69) is 10.3 Å². The van der Waals surface area contributed by atoms with Crippen LogP contribution in [0.4, 0.5) is 8.78 Å². The molecule has 0 radical (unpaired) electrons. The molecule has 128 valence electrons. The van der Waals surface area contributed by atoms with Crippen molar-refractivity contribution in [1.82, 2.24) is 10.3 Å². The number of oxazole rings is 1. The smallest absolute Gasteiger partial charge is 0.251 e. The molecule has 0 saturated carbocycles. The summed E-state index contributed by atoms with van der Waals surface area (Å²) in [6.07, 6.45) is 2.84. The van der Waals surface area contributed by atoms with Crippen LogP contribution < -0.4 is 10.1 Å². The predicted octanol–water partition coefficient (Wildman–Crippen LogP) is 3.56. The maximum atomic E-state index is 13.2. The molecule has 0 fully saturated rings. The molecule has 1 heterocycles. The highest BCUT2D eigenvalue weighted by Gasteiger charge is 2.13. The first-order valence-corrected chi connectivity index (χ1v) is 7.37. The topological polar surface area (TPSA) is 64.4 Å². The number of halogens is 2. The minimum Gasteiger partial charge on any atom is -0.496 e. The summed E-state index contributed by atoms with van der Waals surface area (Å²) in [5, 5.41) is 2.61. The number of carbonyl (C=O) groups is 1. The van der Waals surface area contributed by atoms with Crippen LogP contribution in [0.15, 0.2) is 53.4 Å². The highest BCUT2D eigenvalue weighted by Crippen LogP contribution is 2.30. The molecule has 1 N–H and O–H groups in total. The first-order valence-electron chi connectivity index (χ1n) is 7.37. The lowest BCUT2D eigenvalue weighted by Gasteiger charge is -2.10. The zero-order valence-electron chi connectivity index (χ0n) is 13.3. The van der Waals surface area contributed by atoms with Gasteiger partial charge in [0.05, 0.1) is 18.9 Å². The number of rotatable bonds is 5. The molecule has 3 aromatic rings. The van der Waals surface area contributed by atoms with Crippen LogP contribution in [0.5, 0.6) is 5.75 Å². The van der Waals surface area contributed by atoms with Gasteiger partial charge in [-0.05, 0) is 35.9 Å². The summed E-state index contributed by atoms with van der Waals surface area (Å²) in [7, 11) is 1.48. The number of carbonyl (C=O) groups excluding carboxylic acids is 1. The second kappa shape index (κ2) is 7.12. The molecular formula is C18H14F2N2O3. The Morgan fingerprint density at radius 1 is 1.20 bits per heavy atom. The van der Waals surface area contributed by atoms with Gasteiger partial charge in [-0.15, -0.1) is 0 Å². The number of amides is 1. The third kappa shape index (κ3) is 3.82. The molecule has 0 aliphatic rings. The molecule has 3 rings (SSSR count). The molecular weight excluding hydrogens is 330 g/mol. The standard InChI is InChI=1S/C18H14F2N2O3/c1-24-16-6-12(2-3-15(16)17-9-21-10-25-17)18(23)22-8-11-4-13(19)7-14(20)5-11/h2-7,9-10H,8H2,1H3,(H,22,23). The van der Waals surface area contributed by atoms with E-state index in [1.807, 2.05) is 0 Å². The number of nitrogens with one attached hydrogen (secondary N) is 1. The Morgan fingerprint density at radius 3 is 2.60 bits per heavy atom. The Bertz CT molecular complexity index is 875. The fraction of sp³-hybridized carbons (Fsp3) is 0.111. The minimum absolute atomic E-state index is 0.000313. The van der Waals surface area contributed by atoms with Gasteiger partial charge in [-0.2, -0.15) is 0 Å². The zero-order chi connectivity index (χ0) is 17.8. The van der Waals surface area contributed by atoms with Crippen molar-refractivity contribution in [2.75, 3.05) is 7.11 Å². The van der Waals surface area contributed by atoms with E-state index < -0.39 is 17.5 Å². The number of aromatic nitrogens is 1. The number of hydrogen-bond acceptors (Lipinski definition) is 4. The summed E-state index contributed by atoms with van der Waals surface area (Å²) in [5.74, 6) is -0.822. The Morgan fingerprint density at radius 2 is 1.96 bits per heavy atom. The lowest BCUT2D eigenvalue weighted by atomic mass is 10.1. The molecule has 0 bridgehead atoms. The molecule has 0 saturated heterocycles. The number of benzene rings is 2. The molecule has 1 aromatic heterocycles. The highest BCUT2D eigenvalue weighted by molar-refractivity contribution is 5.95. The molecule has 7 heteroatoms. The monoisotopic (exact) mass is 344 g/mol. The summed E-state index contributed by atoms with van der Waals surface area (Å²) in [6, 6.07) is 7.93. The van der Waals surface area contributed by atoms with E-state index in [1.165, 1.54) is 19.7 Å². The summed E-state index contributed by atoms with van der Waals surface area (Å²) in [6.45, 7) is -0.000313. The third-order valence-electron chi connectivity index (χ3n) is 3.54. The van der Waals surface area contributed by atoms with Crippen molar-refractivity contribution in [3.05, 3.63) is 71.8 Å². The lowest BCUT2D eigenvalue weighted by Crippen LogP contribution is -2.23. The second-order valence-electron chi connectivity index (χ2n) is 5.24. The van der Waals surface area contributed by atoms with E-state index in [1.54, 1.807) is 18.2 Å². The first kappa shape index (κ1) is 16.6. The van der Waals surface area contributed by atoms with Gasteiger partial charge in [-0.1, -0.05) is 0 Å². The van der Waals surface area contributed by atoms with Crippen molar-refractivity contribution in [3.63, 3.8) is 0 Å². The van der Waals surface area contributed by atoms with Gasteiger partial charge < -0.3 is 14.5 Å². The van der Waals surface area contributed by atoms with Gasteiger partial charge in [0.1, 0.15) is 17.4 Å². The Labute approximate surface area is 142 Å². The van der Waals surface area contributed by atoms with Crippen LogP contribution >= 0.6 is 0 Å². The van der Waals surface area contributed by atoms with Crippen molar-refractivity contribution in [3.8, 4) is 17.1 Å². The molecule has 1 amide bonds. The summed E-state index contributed by atoms with van der Waals surface area (Å²) >= 11 is 0. The van der Waals surface area contributed by atoms with E-state index in [4.69, 9.17) is 9.15 Å². The summed E-state index contributed by atoms with van der Waals surface area (Å²) < 4.78 is 36.9. The molecule has 0 aliphatic heterocycles. The van der Waals surface area contributed by atoms with Crippen molar-refractivity contribution in [2.45, 2.75) is 6.54 Å². The van der Waals surface area contributed by atoms with Crippen molar-refractivity contribution >= 4 is 5.91 Å². The van der Waals surface area contributed by atoms with Crippen molar-refractivity contribution < 1.29 is 22.7 Å². The van der Waals surface area contributed by atoms with Gasteiger partial charge in [-0.3, -0.25) is 4.79 Å². The molecule has 5 nitrogen and oxygen atoms in total. The van der Waals surface area contributed by atoms with Crippen molar-refractivity contribution in [2.24, 2.45) is 0 Å². The van der Waals surface area contributed by atoms with Crippen LogP contribution in [0.1, 0.15) is 15.9 Å². The SMILES string of the molecule is COc1cc(C(=O)NCc2cc(F)cc(F)c2)ccc1-c1cnco1. The van der Waals surface area contributed by atoms with E-state index in [9.17, 15) is 13.6 Å². The second-order valence-corrected chi connectivity index (χ2v) is 5.24. The fourth-order valence-corrected chi connectivity index (χ4v) is 2.38. The van der Waals surface area contributed by atoms with Gasteiger partial charge in [0.2, 0.25) is 0 Å². The number of nitrogens with zero attached hydrogens (tertiary/aromatic N) is 1. The Hall–Kier alpha value is -3.22. The molecule has 0 spiro atoms. The Balaban J connectivity index is 1.76. The maximum Gasteiger partial charge on any atom is 0.251 e. The van der Waals surface area contributed by atoms with Gasteiger partial charge in [-0.25, -0.2) is 13.8 Å². The number of ether oxygens (including phenoxy) is 1. The van der Waals surface area contributed by atoms with Crippen molar-refractivity contribution in [1.29, 1.82) is 0 Å². The summed E-state index contributed by atoms with van der Waals surface area (Å²) in [4.78, 5) is 16.1. The van der Waals surface area contributed by atoms with Gasteiger partial charge in [0.15, 0.2) is 12.2 Å². The molecule has 2 aromatic carbocycles. The van der Waals surface area contributed by atoms with Crippen LogP contribution in [0.3, 0.4) is 0 Å². The number of methoxy groups -OCH3 is 1. The van der Waals surface area contributed by atoms with Crippen LogP contribution in [0, 0.1) is 11.6 Å². The fourth-order valence-electron chi connectivity index (χ4n) is 2.38. The molecule has 0 atom stereocenters. The van der Waals surface area contributed by atoms with Gasteiger partial charge in [0.25, 0.3) is 5.91 Å². The van der Waals surface area contributed by atoms with Crippen LogP contribution in [0.2, 0.25) is 0 Å². The summed E-state index contributed by atoms with van der Waals surface area (Å²) in [5.41, 5.74) is 1.33. The van der Waals surface area contributed by atoms with E-state index in [0.717, 1.165) is 18.2 Å². The maximum absolute atomic E-state index is 13.2. The highest BCUT2D eigenvalue weighted by atomic mass is 19.1. The normalized spacial score (nSPS) is 10.5. The lowest BCUT2D eigenvalue weighted by molar-refractivity contribution is 0.0950. The first-order chi connectivity index (χ1) is 12.1. The molecule has 25 heavy (non-hydrogen) atoms. The molecule has 0 aliphatic carbocycles. The van der Waals surface area contributed by atoms with Gasteiger partial charge >= 0.3 is 0 Å². The molecule has 0 unspecified atom stereocenters. The van der Waals surface area contributed by atoms with E-state index in [-0.39, 0.29) is 6.54 Å².